The minimum absolute atomic E-state index is 0.293. The van der Waals surface area contributed by atoms with Gasteiger partial charge in [-0.1, -0.05) is 107 Å². The Balaban J connectivity index is 1.27. The van der Waals surface area contributed by atoms with Gasteiger partial charge in [-0.05, 0) is 107 Å². The van der Waals surface area contributed by atoms with E-state index in [1.165, 1.54) is 70.2 Å². The third-order valence-corrected chi connectivity index (χ3v) is 8.19. The highest BCUT2D eigenvalue weighted by Crippen LogP contribution is 2.43. The number of hydrogen-bond donors (Lipinski definition) is 0. The van der Waals surface area contributed by atoms with Crippen molar-refractivity contribution in [3.8, 4) is 0 Å². The minimum atomic E-state index is 0.293. The first-order valence-electron chi connectivity index (χ1n) is 14.1. The molecule has 0 aromatic heterocycles. The van der Waals surface area contributed by atoms with Crippen LogP contribution >= 0.6 is 0 Å². The van der Waals surface area contributed by atoms with Gasteiger partial charge in [0.15, 0.2) is 0 Å². The largest absolute Gasteiger partial charge is 0.0952 e. The Labute approximate surface area is 219 Å². The average Bonchev–Trinajstić information content (AvgIpc) is 3.76. The second kappa shape index (κ2) is 10.0. The summed E-state index contributed by atoms with van der Waals surface area (Å²) in [4.78, 5) is 0. The first kappa shape index (κ1) is 25.1. The predicted octanol–water partition coefficient (Wildman–Crippen LogP) is 10.3. The SMILES string of the molecule is C=C(CC1CC1)c1ccc(C2C=CC=C2[C@H](C)CC(=C)c2cc(CC(C)(C)C)cc(C3CC3)c2)cc1. The van der Waals surface area contributed by atoms with Crippen molar-refractivity contribution in [3.05, 3.63) is 107 Å². The Bertz CT molecular complexity index is 1190. The van der Waals surface area contributed by atoms with E-state index in [9.17, 15) is 0 Å². The molecule has 0 aliphatic heterocycles. The summed E-state index contributed by atoms with van der Waals surface area (Å²) in [6.45, 7) is 18.3. The van der Waals surface area contributed by atoms with E-state index < -0.39 is 0 Å². The number of benzene rings is 2. The van der Waals surface area contributed by atoms with Crippen molar-refractivity contribution in [2.75, 3.05) is 0 Å². The van der Waals surface area contributed by atoms with Gasteiger partial charge in [-0.15, -0.1) is 0 Å². The van der Waals surface area contributed by atoms with E-state index in [0.717, 1.165) is 31.1 Å². The average molecular weight is 477 g/mol. The molecule has 2 aromatic rings. The number of hydrogen-bond acceptors (Lipinski definition) is 0. The molecule has 0 saturated heterocycles. The molecule has 5 rings (SSSR count). The lowest BCUT2D eigenvalue weighted by Gasteiger charge is -2.23. The lowest BCUT2D eigenvalue weighted by molar-refractivity contribution is 0.411. The van der Waals surface area contributed by atoms with Crippen LogP contribution in [-0.4, -0.2) is 0 Å². The van der Waals surface area contributed by atoms with Gasteiger partial charge >= 0.3 is 0 Å². The van der Waals surface area contributed by atoms with Crippen molar-refractivity contribution in [2.24, 2.45) is 17.3 Å². The molecule has 0 heteroatoms. The van der Waals surface area contributed by atoms with Crippen LogP contribution in [0, 0.1) is 17.3 Å². The lowest BCUT2D eigenvalue weighted by Crippen LogP contribution is -2.10. The summed E-state index contributed by atoms with van der Waals surface area (Å²) >= 11 is 0. The van der Waals surface area contributed by atoms with E-state index in [1.807, 2.05) is 0 Å². The zero-order chi connectivity index (χ0) is 25.4. The van der Waals surface area contributed by atoms with Gasteiger partial charge in [0.2, 0.25) is 0 Å². The molecular weight excluding hydrogens is 432 g/mol. The summed E-state index contributed by atoms with van der Waals surface area (Å²) in [5.74, 6) is 2.47. The summed E-state index contributed by atoms with van der Waals surface area (Å²) in [6, 6.07) is 16.5. The molecular formula is C36H44. The maximum atomic E-state index is 4.59. The van der Waals surface area contributed by atoms with Crippen molar-refractivity contribution in [1.29, 1.82) is 0 Å². The highest BCUT2D eigenvalue weighted by Gasteiger charge is 2.27. The first-order chi connectivity index (χ1) is 17.2. The fraction of sp³-hybridized carbons (Fsp3) is 0.444. The standard InChI is InChI=1S/C36H44/c1-24(32-20-28(23-36(4,5)6)21-33(22-32)30-14-15-30)18-26(3)34-8-7-9-35(34)31-16-12-29(13-17-31)25(2)19-27-10-11-27/h7-9,12-13,16-17,20-22,26-27,30,35H,1-2,10-11,14-15,18-19,23H2,3-6H3/t26-,35?/m1/s1. The van der Waals surface area contributed by atoms with Crippen LogP contribution in [-0.2, 0) is 6.42 Å². The van der Waals surface area contributed by atoms with Crippen molar-refractivity contribution >= 4 is 11.1 Å². The van der Waals surface area contributed by atoms with Gasteiger partial charge in [0.25, 0.3) is 0 Å². The maximum absolute atomic E-state index is 4.59. The van der Waals surface area contributed by atoms with Crippen molar-refractivity contribution in [2.45, 2.75) is 84.5 Å². The summed E-state index contributed by atoms with van der Waals surface area (Å²) in [5, 5.41) is 0. The predicted molar refractivity (Wildman–Crippen MR) is 157 cm³/mol. The first-order valence-corrected chi connectivity index (χ1v) is 14.1. The smallest absolute Gasteiger partial charge is 0.0237 e. The number of allylic oxidation sites excluding steroid dienone is 6. The quantitative estimate of drug-likeness (QED) is 0.320. The molecule has 2 aromatic carbocycles. The third kappa shape index (κ3) is 6.20. The van der Waals surface area contributed by atoms with Crippen LogP contribution in [0.5, 0.6) is 0 Å². The molecule has 0 heterocycles. The van der Waals surface area contributed by atoms with E-state index >= 15 is 0 Å². The van der Waals surface area contributed by atoms with Crippen LogP contribution < -0.4 is 0 Å². The normalized spacial score (nSPS) is 20.3. The Hall–Kier alpha value is -2.60. The summed E-state index contributed by atoms with van der Waals surface area (Å²) in [7, 11) is 0. The van der Waals surface area contributed by atoms with E-state index in [-0.39, 0.29) is 0 Å². The summed E-state index contributed by atoms with van der Waals surface area (Å²) in [6.07, 6.45) is 15.7. The van der Waals surface area contributed by atoms with Crippen LogP contribution in [0.1, 0.15) is 106 Å². The van der Waals surface area contributed by atoms with Gasteiger partial charge in [0, 0.05) is 5.92 Å². The Kier molecular flexibility index (Phi) is 6.99. The van der Waals surface area contributed by atoms with Crippen LogP contribution in [0.3, 0.4) is 0 Å². The second-order valence-corrected chi connectivity index (χ2v) is 13.1. The maximum Gasteiger partial charge on any atom is 0.0237 e. The molecule has 0 nitrogen and oxygen atoms in total. The summed E-state index contributed by atoms with van der Waals surface area (Å²) in [5.41, 5.74) is 11.4. The summed E-state index contributed by atoms with van der Waals surface area (Å²) < 4.78 is 0. The van der Waals surface area contributed by atoms with Crippen LogP contribution in [0.4, 0.5) is 0 Å². The van der Waals surface area contributed by atoms with Gasteiger partial charge in [0.1, 0.15) is 0 Å². The molecule has 2 atom stereocenters. The van der Waals surface area contributed by atoms with Crippen molar-refractivity contribution in [1.82, 2.24) is 0 Å². The molecule has 36 heavy (non-hydrogen) atoms. The third-order valence-electron chi connectivity index (χ3n) is 8.19. The van der Waals surface area contributed by atoms with Gasteiger partial charge in [-0.2, -0.15) is 0 Å². The molecule has 3 aliphatic rings. The fourth-order valence-electron chi connectivity index (χ4n) is 5.88. The van der Waals surface area contributed by atoms with Crippen molar-refractivity contribution in [3.63, 3.8) is 0 Å². The van der Waals surface area contributed by atoms with Gasteiger partial charge in [0.05, 0.1) is 0 Å². The molecule has 0 N–H and O–H groups in total. The van der Waals surface area contributed by atoms with Crippen molar-refractivity contribution < 1.29 is 0 Å². The molecule has 1 unspecified atom stereocenters. The zero-order valence-corrected chi connectivity index (χ0v) is 22.9. The fourth-order valence-corrected chi connectivity index (χ4v) is 5.88. The molecule has 0 spiro atoms. The Morgan fingerprint density at radius 1 is 0.889 bits per heavy atom. The lowest BCUT2D eigenvalue weighted by atomic mass is 9.81. The Morgan fingerprint density at radius 2 is 1.61 bits per heavy atom. The molecule has 2 saturated carbocycles. The monoisotopic (exact) mass is 476 g/mol. The van der Waals surface area contributed by atoms with Gasteiger partial charge in [-0.3, -0.25) is 0 Å². The van der Waals surface area contributed by atoms with E-state index in [0.29, 0.717) is 17.3 Å². The molecule has 2 fully saturated rings. The van der Waals surface area contributed by atoms with Crippen LogP contribution in [0.15, 0.2) is 79.4 Å². The van der Waals surface area contributed by atoms with E-state index in [4.69, 9.17) is 0 Å². The second-order valence-electron chi connectivity index (χ2n) is 13.1. The highest BCUT2D eigenvalue weighted by atomic mass is 14.3. The van der Waals surface area contributed by atoms with Crippen LogP contribution in [0.25, 0.3) is 11.1 Å². The molecule has 0 radical (unpaired) electrons. The van der Waals surface area contributed by atoms with Crippen LogP contribution in [0.2, 0.25) is 0 Å². The van der Waals surface area contributed by atoms with E-state index in [2.05, 4.69) is 102 Å². The molecule has 0 bridgehead atoms. The zero-order valence-electron chi connectivity index (χ0n) is 22.9. The molecule has 0 amide bonds. The molecule has 188 valence electrons. The molecule has 3 aliphatic carbocycles. The van der Waals surface area contributed by atoms with Gasteiger partial charge < -0.3 is 0 Å². The number of rotatable bonds is 10. The minimum Gasteiger partial charge on any atom is -0.0952 e. The topological polar surface area (TPSA) is 0 Å². The van der Waals surface area contributed by atoms with E-state index in [1.54, 1.807) is 0 Å². The van der Waals surface area contributed by atoms with Gasteiger partial charge in [-0.25, -0.2) is 0 Å². The Morgan fingerprint density at radius 3 is 2.25 bits per heavy atom. The highest BCUT2D eigenvalue weighted by molar-refractivity contribution is 5.66.